The predicted octanol–water partition coefficient (Wildman–Crippen LogP) is 1.35. The van der Waals surface area contributed by atoms with Crippen LogP contribution in [-0.2, 0) is 6.54 Å². The molecule has 0 bridgehead atoms. The number of benzene rings is 1. The molecule has 0 saturated heterocycles. The molecule has 0 fully saturated rings. The van der Waals surface area contributed by atoms with Gasteiger partial charge >= 0.3 is 0 Å². The van der Waals surface area contributed by atoms with Gasteiger partial charge < -0.3 is 14.8 Å². The Bertz CT molecular complexity index is 759. The average Bonchev–Trinajstić information content (AvgIpc) is 3.07. The highest BCUT2D eigenvalue weighted by molar-refractivity contribution is 5.91. The highest BCUT2D eigenvalue weighted by Gasteiger charge is 2.10. The van der Waals surface area contributed by atoms with Gasteiger partial charge in [0.05, 0.1) is 26.3 Å². The van der Waals surface area contributed by atoms with Crippen molar-refractivity contribution in [2.45, 2.75) is 6.54 Å². The topological polar surface area (TPSA) is 87.0 Å². The van der Waals surface area contributed by atoms with E-state index in [4.69, 9.17) is 9.47 Å². The monoisotopic (exact) mass is 300 g/mol. The average molecular weight is 300 g/mol. The van der Waals surface area contributed by atoms with Crippen molar-refractivity contribution < 1.29 is 9.47 Å². The zero-order valence-corrected chi connectivity index (χ0v) is 12.4. The van der Waals surface area contributed by atoms with E-state index in [1.807, 2.05) is 12.1 Å². The number of hydrogen-bond acceptors (Lipinski definition) is 7. The van der Waals surface area contributed by atoms with Crippen LogP contribution in [0.5, 0.6) is 11.5 Å². The fourth-order valence-electron chi connectivity index (χ4n) is 2.16. The number of methoxy groups -OCH3 is 2. The lowest BCUT2D eigenvalue weighted by Crippen LogP contribution is -2.12. The molecular formula is C14H16N6O2. The van der Waals surface area contributed by atoms with E-state index in [0.717, 1.165) is 16.7 Å². The summed E-state index contributed by atoms with van der Waals surface area (Å²) < 4.78 is 12.4. The first-order valence-electron chi connectivity index (χ1n) is 6.75. The molecule has 0 radical (unpaired) electrons. The molecular weight excluding hydrogens is 284 g/mol. The van der Waals surface area contributed by atoms with Gasteiger partial charge in [0, 0.05) is 18.0 Å². The minimum absolute atomic E-state index is 0.641. The second kappa shape index (κ2) is 6.25. The van der Waals surface area contributed by atoms with E-state index in [-0.39, 0.29) is 0 Å². The first kappa shape index (κ1) is 14.1. The van der Waals surface area contributed by atoms with Crippen molar-refractivity contribution in [1.29, 1.82) is 0 Å². The summed E-state index contributed by atoms with van der Waals surface area (Å²) in [6.45, 7) is 1.36. The molecule has 0 atom stereocenters. The van der Waals surface area contributed by atoms with Gasteiger partial charge in [-0.1, -0.05) is 0 Å². The Hall–Kier alpha value is -2.90. The van der Waals surface area contributed by atoms with Gasteiger partial charge in [0.2, 0.25) is 0 Å². The molecule has 0 unspecified atom stereocenters. The van der Waals surface area contributed by atoms with Gasteiger partial charge in [-0.2, -0.15) is 5.10 Å². The third-order valence-electron chi connectivity index (χ3n) is 3.24. The lowest BCUT2D eigenvalue weighted by molar-refractivity contribution is 0.356. The zero-order valence-electron chi connectivity index (χ0n) is 12.4. The second-order valence-corrected chi connectivity index (χ2v) is 4.53. The van der Waals surface area contributed by atoms with Crippen LogP contribution < -0.4 is 14.8 Å². The lowest BCUT2D eigenvalue weighted by atomic mass is 10.2. The SMILES string of the molecule is COc1cc2ncnc(NCCn3cncn3)c2cc1OC. The van der Waals surface area contributed by atoms with E-state index in [1.54, 1.807) is 25.2 Å². The largest absolute Gasteiger partial charge is 0.493 e. The molecule has 114 valence electrons. The lowest BCUT2D eigenvalue weighted by Gasteiger charge is -2.12. The van der Waals surface area contributed by atoms with Crippen LogP contribution in [0.25, 0.3) is 10.9 Å². The summed E-state index contributed by atoms with van der Waals surface area (Å²) in [6.07, 6.45) is 4.71. The summed E-state index contributed by atoms with van der Waals surface area (Å²) in [7, 11) is 3.20. The Balaban J connectivity index is 1.85. The van der Waals surface area contributed by atoms with Crippen molar-refractivity contribution in [3.05, 3.63) is 31.1 Å². The summed E-state index contributed by atoms with van der Waals surface area (Å²) in [6, 6.07) is 3.70. The first-order valence-corrected chi connectivity index (χ1v) is 6.75. The minimum Gasteiger partial charge on any atom is -0.493 e. The van der Waals surface area contributed by atoms with Gasteiger partial charge in [0.25, 0.3) is 0 Å². The molecule has 22 heavy (non-hydrogen) atoms. The molecule has 0 amide bonds. The Morgan fingerprint density at radius 3 is 2.64 bits per heavy atom. The number of hydrogen-bond donors (Lipinski definition) is 1. The number of nitrogens with one attached hydrogen (secondary N) is 1. The molecule has 0 spiro atoms. The Morgan fingerprint density at radius 2 is 1.91 bits per heavy atom. The van der Waals surface area contributed by atoms with Gasteiger partial charge in [-0.3, -0.25) is 4.68 Å². The zero-order chi connectivity index (χ0) is 15.4. The van der Waals surface area contributed by atoms with Crippen molar-refractivity contribution in [2.24, 2.45) is 0 Å². The van der Waals surface area contributed by atoms with Gasteiger partial charge in [-0.15, -0.1) is 0 Å². The summed E-state index contributed by atoms with van der Waals surface area (Å²) in [5.74, 6) is 2.03. The number of aromatic nitrogens is 5. The van der Waals surface area contributed by atoms with Crippen LogP contribution in [-0.4, -0.2) is 45.5 Å². The van der Waals surface area contributed by atoms with Gasteiger partial charge in [0.1, 0.15) is 24.8 Å². The molecule has 0 aliphatic heterocycles. The van der Waals surface area contributed by atoms with Crippen molar-refractivity contribution in [2.75, 3.05) is 26.1 Å². The first-order chi connectivity index (χ1) is 10.8. The molecule has 8 heteroatoms. The van der Waals surface area contributed by atoms with Crippen molar-refractivity contribution in [3.63, 3.8) is 0 Å². The van der Waals surface area contributed by atoms with Gasteiger partial charge in [0.15, 0.2) is 11.5 Å². The molecule has 0 aliphatic rings. The number of ether oxygens (including phenoxy) is 2. The van der Waals surface area contributed by atoms with E-state index < -0.39 is 0 Å². The van der Waals surface area contributed by atoms with E-state index in [9.17, 15) is 0 Å². The van der Waals surface area contributed by atoms with Crippen LogP contribution in [0.15, 0.2) is 31.1 Å². The Morgan fingerprint density at radius 1 is 1.09 bits per heavy atom. The molecule has 8 nitrogen and oxygen atoms in total. The molecule has 0 aliphatic carbocycles. The number of nitrogens with zero attached hydrogens (tertiary/aromatic N) is 5. The molecule has 2 heterocycles. The summed E-state index contributed by atoms with van der Waals surface area (Å²) in [5.41, 5.74) is 0.788. The number of fused-ring (bicyclic) bond motifs is 1. The standard InChI is InChI=1S/C14H16N6O2/c1-21-12-5-10-11(6-13(12)22-2)17-8-18-14(10)16-3-4-20-9-15-7-19-20/h5-9H,3-4H2,1-2H3,(H,16,17,18). The fourth-order valence-corrected chi connectivity index (χ4v) is 2.16. The van der Waals surface area contributed by atoms with Crippen LogP contribution in [0.4, 0.5) is 5.82 Å². The second-order valence-electron chi connectivity index (χ2n) is 4.53. The van der Waals surface area contributed by atoms with Crippen LogP contribution in [0.1, 0.15) is 0 Å². The molecule has 0 saturated carbocycles. The third kappa shape index (κ3) is 2.76. The molecule has 1 aromatic carbocycles. The molecule has 1 N–H and O–H groups in total. The third-order valence-corrected chi connectivity index (χ3v) is 3.24. The number of anilines is 1. The maximum atomic E-state index is 5.33. The van der Waals surface area contributed by atoms with Crippen molar-refractivity contribution >= 4 is 16.7 Å². The van der Waals surface area contributed by atoms with Gasteiger partial charge in [-0.05, 0) is 6.07 Å². The normalized spacial score (nSPS) is 10.6. The summed E-state index contributed by atoms with van der Waals surface area (Å²) in [4.78, 5) is 12.5. The van der Waals surface area contributed by atoms with Crippen LogP contribution in [0, 0.1) is 0 Å². The minimum atomic E-state index is 0.641. The van der Waals surface area contributed by atoms with E-state index >= 15 is 0 Å². The quantitative estimate of drug-likeness (QED) is 0.735. The van der Waals surface area contributed by atoms with Crippen molar-refractivity contribution in [3.8, 4) is 11.5 Å². The Labute approximate surface area is 127 Å². The predicted molar refractivity (Wildman–Crippen MR) is 81.2 cm³/mol. The van der Waals surface area contributed by atoms with Crippen LogP contribution in [0.2, 0.25) is 0 Å². The summed E-state index contributed by atoms with van der Waals surface area (Å²) in [5, 5.41) is 8.21. The van der Waals surface area contributed by atoms with E-state index in [0.29, 0.717) is 24.6 Å². The van der Waals surface area contributed by atoms with E-state index in [2.05, 4.69) is 25.4 Å². The highest BCUT2D eigenvalue weighted by Crippen LogP contribution is 2.33. The smallest absolute Gasteiger partial charge is 0.162 e. The molecule has 2 aromatic heterocycles. The van der Waals surface area contributed by atoms with Gasteiger partial charge in [-0.25, -0.2) is 15.0 Å². The maximum absolute atomic E-state index is 5.33. The van der Waals surface area contributed by atoms with Crippen molar-refractivity contribution in [1.82, 2.24) is 24.7 Å². The van der Waals surface area contributed by atoms with Crippen LogP contribution in [0.3, 0.4) is 0 Å². The van der Waals surface area contributed by atoms with Crippen LogP contribution >= 0.6 is 0 Å². The van der Waals surface area contributed by atoms with E-state index in [1.165, 1.54) is 12.7 Å². The fraction of sp³-hybridized carbons (Fsp3) is 0.286. The molecule has 3 aromatic rings. The number of rotatable bonds is 6. The summed E-state index contributed by atoms with van der Waals surface area (Å²) >= 11 is 0. The highest BCUT2D eigenvalue weighted by atomic mass is 16.5. The maximum Gasteiger partial charge on any atom is 0.162 e. The Kier molecular flexibility index (Phi) is 3.99. The molecule has 3 rings (SSSR count).